The molecule has 1 aromatic rings. The van der Waals surface area contributed by atoms with Gasteiger partial charge in [0, 0.05) is 18.3 Å². The van der Waals surface area contributed by atoms with E-state index >= 15 is 0 Å². The molecule has 76 valence electrons. The van der Waals surface area contributed by atoms with Crippen molar-refractivity contribution in [1.82, 2.24) is 4.57 Å². The highest BCUT2D eigenvalue weighted by molar-refractivity contribution is 5.74. The summed E-state index contributed by atoms with van der Waals surface area (Å²) in [6.45, 7) is 3.88. The summed E-state index contributed by atoms with van der Waals surface area (Å²) in [4.78, 5) is 22.1. The molecular weight excluding hydrogens is 182 g/mol. The van der Waals surface area contributed by atoms with Crippen molar-refractivity contribution in [3.8, 4) is 0 Å². The number of aromatic nitrogens is 1. The zero-order valence-corrected chi connectivity index (χ0v) is 8.23. The van der Waals surface area contributed by atoms with E-state index in [1.165, 1.54) is 10.6 Å². The number of rotatable bonds is 3. The normalized spacial score (nSPS) is 12.4. The summed E-state index contributed by atoms with van der Waals surface area (Å²) in [7, 11) is 0. The van der Waals surface area contributed by atoms with Crippen LogP contribution in [0.3, 0.4) is 0 Å². The van der Waals surface area contributed by atoms with Crippen LogP contribution in [-0.2, 0) is 11.3 Å². The fourth-order valence-electron chi connectivity index (χ4n) is 1.38. The Morgan fingerprint density at radius 3 is 2.71 bits per heavy atom. The molecule has 0 aliphatic carbocycles. The summed E-state index contributed by atoms with van der Waals surface area (Å²) in [6.07, 6.45) is 0. The predicted molar refractivity (Wildman–Crippen MR) is 52.4 cm³/mol. The molecule has 1 N–H and O–H groups in total. The topological polar surface area (TPSA) is 59.3 Å². The molecule has 1 aromatic heterocycles. The van der Waals surface area contributed by atoms with Crippen LogP contribution in [0.1, 0.15) is 25.5 Å². The van der Waals surface area contributed by atoms with E-state index in [2.05, 4.69) is 0 Å². The average Bonchev–Trinajstić information content (AvgIpc) is 2.16. The van der Waals surface area contributed by atoms with Gasteiger partial charge in [0.25, 0.3) is 5.56 Å². The summed E-state index contributed by atoms with van der Waals surface area (Å²) in [5.41, 5.74) is 0.394. The second kappa shape index (κ2) is 4.09. The van der Waals surface area contributed by atoms with Crippen LogP contribution in [0, 0.1) is 0 Å². The first-order chi connectivity index (χ1) is 6.57. The smallest absolute Gasteiger partial charge is 0.312 e. The van der Waals surface area contributed by atoms with Crippen molar-refractivity contribution in [2.24, 2.45) is 0 Å². The molecule has 0 bridgehead atoms. The summed E-state index contributed by atoms with van der Waals surface area (Å²) < 4.78 is 1.47. The van der Waals surface area contributed by atoms with Gasteiger partial charge in [0.05, 0.1) is 5.92 Å². The molecule has 0 aliphatic heterocycles. The Bertz CT molecular complexity index is 395. The van der Waals surface area contributed by atoms with Gasteiger partial charge in [-0.3, -0.25) is 9.59 Å². The predicted octanol–water partition coefficient (Wildman–Crippen LogP) is 1.06. The molecule has 0 radical (unpaired) electrons. The highest BCUT2D eigenvalue weighted by atomic mass is 16.4. The quantitative estimate of drug-likeness (QED) is 0.784. The summed E-state index contributed by atoms with van der Waals surface area (Å²) in [6, 6.07) is 4.69. The Morgan fingerprint density at radius 2 is 2.21 bits per heavy atom. The lowest BCUT2D eigenvalue weighted by Gasteiger charge is -2.13. The van der Waals surface area contributed by atoms with Crippen molar-refractivity contribution in [3.63, 3.8) is 0 Å². The maximum absolute atomic E-state index is 11.4. The highest BCUT2D eigenvalue weighted by Gasteiger charge is 2.16. The molecule has 1 rings (SSSR count). The average molecular weight is 195 g/mol. The number of nitrogens with zero attached hydrogens (tertiary/aromatic N) is 1. The molecule has 0 saturated carbocycles. The number of carbonyl (C=O) groups is 1. The van der Waals surface area contributed by atoms with Crippen LogP contribution < -0.4 is 5.56 Å². The third-order valence-electron chi connectivity index (χ3n) is 2.21. The molecule has 0 aliphatic rings. The van der Waals surface area contributed by atoms with Gasteiger partial charge >= 0.3 is 5.97 Å². The van der Waals surface area contributed by atoms with Gasteiger partial charge in [0.2, 0.25) is 0 Å². The first-order valence-corrected chi connectivity index (χ1v) is 4.50. The third kappa shape index (κ3) is 1.84. The molecule has 1 heterocycles. The van der Waals surface area contributed by atoms with Crippen LogP contribution in [0.2, 0.25) is 0 Å². The molecule has 0 aromatic carbocycles. The number of hydrogen-bond acceptors (Lipinski definition) is 2. The van der Waals surface area contributed by atoms with E-state index in [1.807, 2.05) is 6.92 Å². The van der Waals surface area contributed by atoms with Gasteiger partial charge in [0.15, 0.2) is 0 Å². The zero-order chi connectivity index (χ0) is 10.7. The van der Waals surface area contributed by atoms with Crippen molar-refractivity contribution in [3.05, 3.63) is 34.2 Å². The molecule has 4 heteroatoms. The van der Waals surface area contributed by atoms with Gasteiger partial charge in [-0.2, -0.15) is 0 Å². The minimum Gasteiger partial charge on any atom is -0.481 e. The SMILES string of the molecule is CCn1c(C(C)C(=O)O)cccc1=O. The maximum Gasteiger partial charge on any atom is 0.312 e. The second-order valence-electron chi connectivity index (χ2n) is 3.09. The van der Waals surface area contributed by atoms with Gasteiger partial charge in [-0.15, -0.1) is 0 Å². The number of hydrogen-bond donors (Lipinski definition) is 1. The minimum absolute atomic E-state index is 0.155. The van der Waals surface area contributed by atoms with Crippen molar-refractivity contribution < 1.29 is 9.90 Å². The first kappa shape index (κ1) is 10.5. The third-order valence-corrected chi connectivity index (χ3v) is 2.21. The molecule has 0 saturated heterocycles. The van der Waals surface area contributed by atoms with Crippen molar-refractivity contribution >= 4 is 5.97 Å². The number of pyridine rings is 1. The molecular formula is C10H13NO3. The van der Waals surface area contributed by atoms with Crippen LogP contribution in [0.5, 0.6) is 0 Å². The van der Waals surface area contributed by atoms with Crippen molar-refractivity contribution in [1.29, 1.82) is 0 Å². The fourth-order valence-corrected chi connectivity index (χ4v) is 1.38. The minimum atomic E-state index is -0.919. The Labute approximate surface area is 81.8 Å². The van der Waals surface area contributed by atoms with E-state index in [0.717, 1.165) is 0 Å². The Balaban J connectivity index is 3.27. The number of carboxylic acids is 1. The Kier molecular flexibility index (Phi) is 3.06. The molecule has 4 nitrogen and oxygen atoms in total. The summed E-state index contributed by atoms with van der Waals surface area (Å²) in [5.74, 6) is -1.57. The van der Waals surface area contributed by atoms with E-state index in [0.29, 0.717) is 12.2 Å². The van der Waals surface area contributed by atoms with Crippen LogP contribution in [0.25, 0.3) is 0 Å². The Morgan fingerprint density at radius 1 is 1.57 bits per heavy atom. The van der Waals surface area contributed by atoms with E-state index in [-0.39, 0.29) is 5.56 Å². The molecule has 14 heavy (non-hydrogen) atoms. The van der Waals surface area contributed by atoms with Crippen molar-refractivity contribution in [2.45, 2.75) is 26.3 Å². The Hall–Kier alpha value is -1.58. The van der Waals surface area contributed by atoms with Gasteiger partial charge < -0.3 is 9.67 Å². The monoisotopic (exact) mass is 195 g/mol. The van der Waals surface area contributed by atoms with E-state index in [1.54, 1.807) is 19.1 Å². The molecule has 0 fully saturated rings. The van der Waals surface area contributed by atoms with Gasteiger partial charge in [-0.1, -0.05) is 6.07 Å². The van der Waals surface area contributed by atoms with Gasteiger partial charge in [0.1, 0.15) is 0 Å². The highest BCUT2D eigenvalue weighted by Crippen LogP contribution is 2.12. The number of aliphatic carboxylic acids is 1. The van der Waals surface area contributed by atoms with Crippen LogP contribution >= 0.6 is 0 Å². The van der Waals surface area contributed by atoms with Crippen LogP contribution in [0.4, 0.5) is 0 Å². The largest absolute Gasteiger partial charge is 0.481 e. The van der Waals surface area contributed by atoms with Crippen molar-refractivity contribution in [2.75, 3.05) is 0 Å². The van der Waals surface area contributed by atoms with E-state index < -0.39 is 11.9 Å². The number of carboxylic acid groups (broad SMARTS) is 1. The van der Waals surface area contributed by atoms with Crippen LogP contribution in [-0.4, -0.2) is 15.6 Å². The molecule has 0 amide bonds. The standard InChI is InChI=1S/C10H13NO3/c1-3-11-8(7(2)10(13)14)5-4-6-9(11)12/h4-7H,3H2,1-2H3,(H,13,14). The summed E-state index contributed by atoms with van der Waals surface area (Å²) >= 11 is 0. The summed E-state index contributed by atoms with van der Waals surface area (Å²) in [5, 5.41) is 8.83. The van der Waals surface area contributed by atoms with E-state index in [9.17, 15) is 9.59 Å². The zero-order valence-electron chi connectivity index (χ0n) is 8.23. The lowest BCUT2D eigenvalue weighted by molar-refractivity contribution is -0.138. The molecule has 1 unspecified atom stereocenters. The molecule has 0 spiro atoms. The van der Waals surface area contributed by atoms with Gasteiger partial charge in [-0.05, 0) is 19.9 Å². The fraction of sp³-hybridized carbons (Fsp3) is 0.400. The lowest BCUT2D eigenvalue weighted by atomic mass is 10.1. The van der Waals surface area contributed by atoms with Gasteiger partial charge in [-0.25, -0.2) is 0 Å². The first-order valence-electron chi connectivity index (χ1n) is 4.50. The maximum atomic E-state index is 11.4. The van der Waals surface area contributed by atoms with E-state index in [4.69, 9.17) is 5.11 Å². The lowest BCUT2D eigenvalue weighted by Crippen LogP contribution is -2.25. The second-order valence-corrected chi connectivity index (χ2v) is 3.09. The molecule has 1 atom stereocenters. The van der Waals surface area contributed by atoms with Crippen LogP contribution in [0.15, 0.2) is 23.0 Å².